The number of hydrogen-bond donors (Lipinski definition) is 1. The molecule has 1 aliphatic rings. The van der Waals surface area contributed by atoms with Crippen LogP contribution in [0, 0.1) is 5.82 Å². The second kappa shape index (κ2) is 7.23. The van der Waals surface area contributed by atoms with Crippen LogP contribution in [0.3, 0.4) is 0 Å². The summed E-state index contributed by atoms with van der Waals surface area (Å²) in [6.45, 7) is 10.5. The van der Waals surface area contributed by atoms with Crippen molar-refractivity contribution in [1.29, 1.82) is 0 Å². The topological polar surface area (TPSA) is 24.5 Å². The fourth-order valence-electron chi connectivity index (χ4n) is 2.69. The van der Waals surface area contributed by atoms with E-state index in [9.17, 15) is 4.39 Å². The Balaban J connectivity index is 2.15. The summed E-state index contributed by atoms with van der Waals surface area (Å²) in [6.07, 6.45) is 1.11. The fraction of sp³-hybridized carbons (Fsp3) is 0.647. The van der Waals surface area contributed by atoms with Crippen LogP contribution >= 0.6 is 0 Å². The molecule has 0 spiro atoms. The summed E-state index contributed by atoms with van der Waals surface area (Å²) in [4.78, 5) is 2.16. The van der Waals surface area contributed by atoms with Crippen molar-refractivity contribution in [2.24, 2.45) is 0 Å². The van der Waals surface area contributed by atoms with Gasteiger partial charge in [0.25, 0.3) is 0 Å². The van der Waals surface area contributed by atoms with Crippen LogP contribution in [0.25, 0.3) is 0 Å². The van der Waals surface area contributed by atoms with E-state index in [0.29, 0.717) is 24.9 Å². The van der Waals surface area contributed by atoms with E-state index < -0.39 is 0 Å². The first kappa shape index (κ1) is 16.2. The number of nitrogens with zero attached hydrogens (tertiary/aromatic N) is 1. The first-order valence-corrected chi connectivity index (χ1v) is 7.91. The third-order valence-electron chi connectivity index (χ3n) is 3.97. The molecule has 118 valence electrons. The Kier molecular flexibility index (Phi) is 5.59. The average molecular weight is 294 g/mol. The molecule has 4 heteroatoms. The van der Waals surface area contributed by atoms with E-state index in [0.717, 1.165) is 18.5 Å². The SMILES string of the molecule is CCC1COC(C)CN1c1ccc(CNC(C)C)cc1F. The van der Waals surface area contributed by atoms with Crippen molar-refractivity contribution in [2.75, 3.05) is 18.1 Å². The molecule has 1 aromatic rings. The quantitative estimate of drug-likeness (QED) is 0.901. The largest absolute Gasteiger partial charge is 0.375 e. The minimum atomic E-state index is -0.134. The molecule has 2 unspecified atom stereocenters. The van der Waals surface area contributed by atoms with E-state index in [1.54, 1.807) is 6.07 Å². The van der Waals surface area contributed by atoms with Gasteiger partial charge in [-0.2, -0.15) is 0 Å². The molecule has 1 N–H and O–H groups in total. The molecule has 1 aliphatic heterocycles. The van der Waals surface area contributed by atoms with Crippen LogP contribution in [0.5, 0.6) is 0 Å². The zero-order valence-corrected chi connectivity index (χ0v) is 13.5. The lowest BCUT2D eigenvalue weighted by molar-refractivity contribution is 0.0297. The molecule has 0 amide bonds. The highest BCUT2D eigenvalue weighted by atomic mass is 19.1. The van der Waals surface area contributed by atoms with Crippen molar-refractivity contribution >= 4 is 5.69 Å². The highest BCUT2D eigenvalue weighted by Gasteiger charge is 2.27. The van der Waals surface area contributed by atoms with E-state index in [1.807, 2.05) is 19.1 Å². The highest BCUT2D eigenvalue weighted by molar-refractivity contribution is 5.50. The maximum Gasteiger partial charge on any atom is 0.146 e. The third kappa shape index (κ3) is 4.17. The Bertz CT molecular complexity index is 464. The van der Waals surface area contributed by atoms with Gasteiger partial charge in [0.1, 0.15) is 5.82 Å². The second-order valence-corrected chi connectivity index (χ2v) is 6.18. The number of rotatable bonds is 5. The lowest BCUT2D eigenvalue weighted by Gasteiger charge is -2.40. The Morgan fingerprint density at radius 1 is 1.43 bits per heavy atom. The van der Waals surface area contributed by atoms with Crippen LogP contribution in [0.2, 0.25) is 0 Å². The zero-order chi connectivity index (χ0) is 15.4. The monoisotopic (exact) mass is 294 g/mol. The molecule has 0 aromatic heterocycles. The van der Waals surface area contributed by atoms with E-state index in [2.05, 4.69) is 31.0 Å². The van der Waals surface area contributed by atoms with Crippen LogP contribution in [-0.4, -0.2) is 31.3 Å². The van der Waals surface area contributed by atoms with Crippen molar-refractivity contribution in [1.82, 2.24) is 5.32 Å². The molecule has 0 aliphatic carbocycles. The lowest BCUT2D eigenvalue weighted by atomic mass is 10.1. The van der Waals surface area contributed by atoms with Crippen LogP contribution in [0.4, 0.5) is 10.1 Å². The Hall–Kier alpha value is -1.13. The lowest BCUT2D eigenvalue weighted by Crippen LogP contribution is -2.49. The van der Waals surface area contributed by atoms with E-state index in [1.165, 1.54) is 0 Å². The summed E-state index contributed by atoms with van der Waals surface area (Å²) in [5.74, 6) is -0.134. The van der Waals surface area contributed by atoms with E-state index in [4.69, 9.17) is 4.74 Å². The van der Waals surface area contributed by atoms with Gasteiger partial charge in [-0.25, -0.2) is 4.39 Å². The van der Waals surface area contributed by atoms with Gasteiger partial charge in [-0.1, -0.05) is 26.8 Å². The first-order chi connectivity index (χ1) is 10.0. The molecule has 1 fully saturated rings. The highest BCUT2D eigenvalue weighted by Crippen LogP contribution is 2.27. The Morgan fingerprint density at radius 3 is 2.81 bits per heavy atom. The molecule has 2 atom stereocenters. The van der Waals surface area contributed by atoms with Crippen molar-refractivity contribution in [3.05, 3.63) is 29.6 Å². The van der Waals surface area contributed by atoms with E-state index in [-0.39, 0.29) is 18.0 Å². The smallest absolute Gasteiger partial charge is 0.146 e. The Morgan fingerprint density at radius 2 is 2.19 bits per heavy atom. The van der Waals surface area contributed by atoms with Crippen molar-refractivity contribution < 1.29 is 9.13 Å². The number of benzene rings is 1. The third-order valence-corrected chi connectivity index (χ3v) is 3.97. The van der Waals surface area contributed by atoms with Gasteiger partial charge in [-0.3, -0.25) is 0 Å². The van der Waals surface area contributed by atoms with Crippen LogP contribution in [-0.2, 0) is 11.3 Å². The molecule has 1 heterocycles. The van der Waals surface area contributed by atoms with Gasteiger partial charge in [0.05, 0.1) is 24.4 Å². The molecule has 21 heavy (non-hydrogen) atoms. The summed E-state index contributed by atoms with van der Waals surface area (Å²) in [5, 5.41) is 3.31. The Labute approximate surface area is 127 Å². The van der Waals surface area contributed by atoms with Gasteiger partial charge in [-0.15, -0.1) is 0 Å². The maximum atomic E-state index is 14.5. The predicted molar refractivity (Wildman–Crippen MR) is 85.2 cm³/mol. The van der Waals surface area contributed by atoms with Crippen LogP contribution in [0.1, 0.15) is 39.7 Å². The van der Waals surface area contributed by atoms with Gasteiger partial charge in [-0.05, 0) is 31.0 Å². The number of hydrogen-bond acceptors (Lipinski definition) is 3. The molecule has 0 radical (unpaired) electrons. The number of ether oxygens (including phenoxy) is 1. The average Bonchev–Trinajstić information content (AvgIpc) is 2.45. The molecule has 1 aromatic carbocycles. The van der Waals surface area contributed by atoms with E-state index >= 15 is 0 Å². The van der Waals surface area contributed by atoms with Crippen LogP contribution < -0.4 is 10.2 Å². The van der Waals surface area contributed by atoms with Crippen molar-refractivity contribution in [3.63, 3.8) is 0 Å². The molecular weight excluding hydrogens is 267 g/mol. The summed E-state index contributed by atoms with van der Waals surface area (Å²) < 4.78 is 20.2. The summed E-state index contributed by atoms with van der Waals surface area (Å²) in [5.41, 5.74) is 1.68. The summed E-state index contributed by atoms with van der Waals surface area (Å²) >= 11 is 0. The number of nitrogens with one attached hydrogen (secondary N) is 1. The number of anilines is 1. The molecule has 0 bridgehead atoms. The van der Waals surface area contributed by atoms with Crippen LogP contribution in [0.15, 0.2) is 18.2 Å². The maximum absolute atomic E-state index is 14.5. The summed E-state index contributed by atoms with van der Waals surface area (Å²) in [7, 11) is 0. The number of halogens is 1. The molecular formula is C17H27FN2O. The normalized spacial score (nSPS) is 22.9. The minimum absolute atomic E-state index is 0.134. The molecule has 1 saturated heterocycles. The van der Waals surface area contributed by atoms with Crippen molar-refractivity contribution in [3.8, 4) is 0 Å². The van der Waals surface area contributed by atoms with Crippen molar-refractivity contribution in [2.45, 2.75) is 58.8 Å². The minimum Gasteiger partial charge on any atom is -0.375 e. The van der Waals surface area contributed by atoms with Gasteiger partial charge in [0, 0.05) is 19.1 Å². The molecule has 2 rings (SSSR count). The van der Waals surface area contributed by atoms with Gasteiger partial charge < -0.3 is 15.0 Å². The second-order valence-electron chi connectivity index (χ2n) is 6.18. The molecule has 0 saturated carbocycles. The van der Waals surface area contributed by atoms with Gasteiger partial charge >= 0.3 is 0 Å². The number of morpholine rings is 1. The standard InChI is InChI=1S/C17H27FN2O/c1-5-15-11-21-13(4)10-20(15)17-7-6-14(8-16(17)18)9-19-12(2)3/h6-8,12-13,15,19H,5,9-11H2,1-4H3. The zero-order valence-electron chi connectivity index (χ0n) is 13.5. The first-order valence-electron chi connectivity index (χ1n) is 7.91. The fourth-order valence-corrected chi connectivity index (χ4v) is 2.69. The summed E-state index contributed by atoms with van der Waals surface area (Å²) in [6, 6.07) is 6.23. The van der Waals surface area contributed by atoms with Gasteiger partial charge in [0.15, 0.2) is 0 Å². The molecule has 3 nitrogen and oxygen atoms in total. The predicted octanol–water partition coefficient (Wildman–Crippen LogP) is 3.33. The van der Waals surface area contributed by atoms with Gasteiger partial charge in [0.2, 0.25) is 0 Å².